The molecule has 2 unspecified atom stereocenters. The first-order chi connectivity index (χ1) is 8.51. The molecule has 0 saturated carbocycles. The Morgan fingerprint density at radius 1 is 1.39 bits per heavy atom. The van der Waals surface area contributed by atoms with Gasteiger partial charge in [0, 0.05) is 33.3 Å². The maximum absolute atomic E-state index is 11.9. The van der Waals surface area contributed by atoms with E-state index in [0.717, 1.165) is 19.5 Å². The first-order valence-corrected chi connectivity index (χ1v) is 6.77. The van der Waals surface area contributed by atoms with E-state index in [0.29, 0.717) is 18.1 Å². The van der Waals surface area contributed by atoms with Gasteiger partial charge in [-0.25, -0.2) is 0 Å². The van der Waals surface area contributed by atoms with Gasteiger partial charge in [0.05, 0.1) is 11.0 Å². The minimum absolute atomic E-state index is 0.0560. The smallest absolute Gasteiger partial charge is 0.251 e. The molecule has 18 heavy (non-hydrogen) atoms. The number of nitrogens with zero attached hydrogens (tertiary/aromatic N) is 2. The van der Waals surface area contributed by atoms with Crippen LogP contribution in [0.5, 0.6) is 0 Å². The van der Waals surface area contributed by atoms with Crippen LogP contribution in [0.15, 0.2) is 0 Å². The van der Waals surface area contributed by atoms with Crippen molar-refractivity contribution in [3.63, 3.8) is 0 Å². The molecule has 0 bridgehead atoms. The summed E-state index contributed by atoms with van der Waals surface area (Å²) in [4.78, 5) is 16.6. The monoisotopic (exact) mass is 273 g/mol. The summed E-state index contributed by atoms with van der Waals surface area (Å²) in [6, 6.07) is 0.150. The fourth-order valence-corrected chi connectivity index (χ4v) is 2.57. The fourth-order valence-electron chi connectivity index (χ4n) is 2.25. The summed E-state index contributed by atoms with van der Waals surface area (Å²) in [6.45, 7) is 6.92. The number of rotatable bonds is 5. The number of carbonyl (C=O) groups excluding carboxylic acids is 1. The Kier molecular flexibility index (Phi) is 5.98. The summed E-state index contributed by atoms with van der Waals surface area (Å²) >= 11 is 5.07. The molecule has 2 atom stereocenters. The summed E-state index contributed by atoms with van der Waals surface area (Å²) in [6.07, 6.45) is 0.548. The van der Waals surface area contributed by atoms with Crippen LogP contribution in [0.4, 0.5) is 0 Å². The summed E-state index contributed by atoms with van der Waals surface area (Å²) in [5.74, 6) is 0.0560. The Bertz CT molecular complexity index is 304. The molecule has 1 aliphatic rings. The molecule has 0 aromatic heterocycles. The van der Waals surface area contributed by atoms with Crippen molar-refractivity contribution in [2.24, 2.45) is 5.73 Å². The molecule has 0 radical (unpaired) electrons. The van der Waals surface area contributed by atoms with Gasteiger partial charge in [0.25, 0.3) is 5.91 Å². The van der Waals surface area contributed by atoms with E-state index in [1.165, 1.54) is 0 Å². The average molecular weight is 273 g/mol. The van der Waals surface area contributed by atoms with E-state index in [1.54, 1.807) is 14.0 Å². The maximum Gasteiger partial charge on any atom is 0.251 e. The highest BCUT2D eigenvalue weighted by Crippen LogP contribution is 2.11. The third-order valence-electron chi connectivity index (χ3n) is 3.48. The molecule has 2 N–H and O–H groups in total. The molecular weight excluding hydrogens is 250 g/mol. The van der Waals surface area contributed by atoms with Gasteiger partial charge in [-0.15, -0.1) is 0 Å². The van der Waals surface area contributed by atoms with Crippen LogP contribution >= 0.6 is 12.2 Å². The number of methoxy groups -OCH3 is 1. The van der Waals surface area contributed by atoms with Crippen LogP contribution in [-0.4, -0.2) is 66.1 Å². The molecule has 0 spiro atoms. The van der Waals surface area contributed by atoms with Crippen LogP contribution in [0.25, 0.3) is 0 Å². The van der Waals surface area contributed by atoms with Crippen molar-refractivity contribution in [1.82, 2.24) is 9.80 Å². The lowest BCUT2D eigenvalue weighted by molar-refractivity contribution is -0.142. The van der Waals surface area contributed by atoms with Gasteiger partial charge in [-0.3, -0.25) is 9.69 Å². The third-order valence-corrected chi connectivity index (χ3v) is 3.76. The van der Waals surface area contributed by atoms with E-state index in [2.05, 4.69) is 11.8 Å². The van der Waals surface area contributed by atoms with Crippen molar-refractivity contribution in [1.29, 1.82) is 0 Å². The number of carbonyl (C=O) groups is 1. The zero-order chi connectivity index (χ0) is 13.7. The van der Waals surface area contributed by atoms with E-state index >= 15 is 0 Å². The van der Waals surface area contributed by atoms with Gasteiger partial charge in [0.1, 0.15) is 6.10 Å². The highest BCUT2D eigenvalue weighted by Gasteiger charge is 2.28. The fraction of sp³-hybridized carbons (Fsp3) is 0.833. The molecule has 1 saturated heterocycles. The Balaban J connectivity index is 2.50. The molecule has 5 nitrogen and oxygen atoms in total. The topological polar surface area (TPSA) is 58.8 Å². The molecule has 1 aliphatic heterocycles. The van der Waals surface area contributed by atoms with Crippen molar-refractivity contribution < 1.29 is 9.53 Å². The van der Waals surface area contributed by atoms with Crippen molar-refractivity contribution in [3.8, 4) is 0 Å². The van der Waals surface area contributed by atoms with Crippen LogP contribution < -0.4 is 5.73 Å². The average Bonchev–Trinajstić information content (AvgIpc) is 2.38. The second-order valence-corrected chi connectivity index (χ2v) is 5.04. The lowest BCUT2D eigenvalue weighted by Gasteiger charge is -2.39. The van der Waals surface area contributed by atoms with Crippen LogP contribution in [0.3, 0.4) is 0 Å². The number of ether oxygens (including phenoxy) is 1. The molecule has 104 valence electrons. The quantitative estimate of drug-likeness (QED) is 0.727. The molecule has 1 amide bonds. The van der Waals surface area contributed by atoms with Crippen LogP contribution in [-0.2, 0) is 9.53 Å². The molecule has 1 heterocycles. The minimum Gasteiger partial charge on any atom is -0.392 e. The van der Waals surface area contributed by atoms with Gasteiger partial charge < -0.3 is 15.4 Å². The van der Waals surface area contributed by atoms with Gasteiger partial charge in [-0.1, -0.05) is 19.1 Å². The summed E-state index contributed by atoms with van der Waals surface area (Å²) in [7, 11) is 1.55. The van der Waals surface area contributed by atoms with Gasteiger partial charge in [0.15, 0.2) is 0 Å². The van der Waals surface area contributed by atoms with E-state index in [1.807, 2.05) is 4.90 Å². The van der Waals surface area contributed by atoms with Crippen molar-refractivity contribution in [2.45, 2.75) is 32.4 Å². The number of hydrogen-bond acceptors (Lipinski definition) is 4. The Morgan fingerprint density at radius 3 is 2.33 bits per heavy atom. The van der Waals surface area contributed by atoms with E-state index in [-0.39, 0.29) is 18.1 Å². The van der Waals surface area contributed by atoms with Crippen LogP contribution in [0.1, 0.15) is 20.3 Å². The third kappa shape index (κ3) is 3.63. The Hall–Kier alpha value is -0.720. The first-order valence-electron chi connectivity index (χ1n) is 6.36. The van der Waals surface area contributed by atoms with Crippen molar-refractivity contribution in [2.75, 3.05) is 33.3 Å². The number of hydrogen-bond donors (Lipinski definition) is 1. The second-order valence-electron chi connectivity index (χ2n) is 4.57. The standard InChI is InChI=1S/C12H23N3O2S/c1-4-10(11(13)18)14-5-7-15(8-6-14)12(16)9(2)17-3/h9-10H,4-8H2,1-3H3,(H2,13,18). The first kappa shape index (κ1) is 15.3. The van der Waals surface area contributed by atoms with Gasteiger partial charge in [-0.2, -0.15) is 0 Å². The van der Waals surface area contributed by atoms with E-state index in [9.17, 15) is 4.79 Å². The van der Waals surface area contributed by atoms with Crippen molar-refractivity contribution >= 4 is 23.1 Å². The predicted octanol–water partition coefficient (Wildman–Crippen LogP) is 0.230. The lowest BCUT2D eigenvalue weighted by atomic mass is 10.1. The summed E-state index contributed by atoms with van der Waals surface area (Å²) in [5, 5.41) is 0. The summed E-state index contributed by atoms with van der Waals surface area (Å²) < 4.78 is 5.05. The highest BCUT2D eigenvalue weighted by atomic mass is 32.1. The maximum atomic E-state index is 11.9. The van der Waals surface area contributed by atoms with Crippen molar-refractivity contribution in [3.05, 3.63) is 0 Å². The van der Waals surface area contributed by atoms with E-state index in [4.69, 9.17) is 22.7 Å². The lowest BCUT2D eigenvalue weighted by Crippen LogP contribution is -2.56. The molecule has 1 fully saturated rings. The van der Waals surface area contributed by atoms with Crippen LogP contribution in [0.2, 0.25) is 0 Å². The molecule has 1 rings (SSSR count). The Morgan fingerprint density at radius 2 is 1.94 bits per heavy atom. The number of piperazine rings is 1. The summed E-state index contributed by atoms with van der Waals surface area (Å²) in [5.41, 5.74) is 5.73. The molecule has 6 heteroatoms. The van der Waals surface area contributed by atoms with Gasteiger partial charge in [0.2, 0.25) is 0 Å². The number of amides is 1. The molecular formula is C12H23N3O2S. The van der Waals surface area contributed by atoms with E-state index < -0.39 is 0 Å². The van der Waals surface area contributed by atoms with Gasteiger partial charge >= 0.3 is 0 Å². The SMILES string of the molecule is CCC(C(N)=S)N1CCN(C(=O)C(C)OC)CC1. The molecule has 0 aliphatic carbocycles. The largest absolute Gasteiger partial charge is 0.392 e. The predicted molar refractivity (Wildman–Crippen MR) is 75.5 cm³/mol. The van der Waals surface area contributed by atoms with Gasteiger partial charge in [-0.05, 0) is 13.3 Å². The van der Waals surface area contributed by atoms with Crippen LogP contribution in [0, 0.1) is 0 Å². The normalized spacial score (nSPS) is 20.5. The minimum atomic E-state index is -0.367. The molecule has 0 aromatic carbocycles. The number of nitrogens with two attached hydrogens (primary N) is 1. The zero-order valence-corrected chi connectivity index (χ0v) is 12.2. The Labute approximate surface area is 114 Å². The zero-order valence-electron chi connectivity index (χ0n) is 11.4. The molecule has 0 aromatic rings. The second kappa shape index (κ2) is 7.01. The number of thiocarbonyl (C=S) groups is 1. The highest BCUT2D eigenvalue weighted by molar-refractivity contribution is 7.80.